The number of hydrogen-bond acceptors (Lipinski definition) is 6. The molecule has 0 aliphatic heterocycles. The number of fused-ring (bicyclic) bond motifs is 2. The molecule has 1 aliphatic rings. The van der Waals surface area contributed by atoms with Gasteiger partial charge in [0.25, 0.3) is 11.8 Å². The first-order valence-corrected chi connectivity index (χ1v) is 12.0. The fourth-order valence-electron chi connectivity index (χ4n) is 4.46. The largest absolute Gasteiger partial charge is 0.490 e. The van der Waals surface area contributed by atoms with Gasteiger partial charge in [0.05, 0.1) is 6.61 Å². The third kappa shape index (κ3) is 4.88. The third-order valence-electron chi connectivity index (χ3n) is 6.20. The van der Waals surface area contributed by atoms with Crippen molar-refractivity contribution in [2.75, 3.05) is 13.7 Å². The molecule has 0 spiro atoms. The van der Waals surface area contributed by atoms with Crippen LogP contribution in [0.5, 0.6) is 17.2 Å². The van der Waals surface area contributed by atoms with Gasteiger partial charge in [-0.15, -0.1) is 0 Å². The van der Waals surface area contributed by atoms with Gasteiger partial charge in [0.1, 0.15) is 17.2 Å². The van der Waals surface area contributed by atoms with Gasteiger partial charge in [-0.25, -0.2) is 0 Å². The molecule has 0 radical (unpaired) electrons. The molecular weight excluding hydrogens is 458 g/mol. The van der Waals surface area contributed by atoms with Crippen LogP contribution >= 0.6 is 0 Å². The lowest BCUT2D eigenvalue weighted by atomic mass is 9.88. The molecule has 0 fully saturated rings. The predicted octanol–water partition coefficient (Wildman–Crippen LogP) is 4.67. The van der Waals surface area contributed by atoms with Crippen LogP contribution in [0.4, 0.5) is 0 Å². The second-order valence-corrected chi connectivity index (χ2v) is 8.62. The zero-order valence-corrected chi connectivity index (χ0v) is 20.2. The maximum absolute atomic E-state index is 13.0. The van der Waals surface area contributed by atoms with Gasteiger partial charge in [0, 0.05) is 30.7 Å². The Morgan fingerprint density at radius 1 is 1.06 bits per heavy atom. The van der Waals surface area contributed by atoms with E-state index in [0.717, 1.165) is 23.8 Å². The van der Waals surface area contributed by atoms with E-state index in [2.05, 4.69) is 21.7 Å². The number of hydrogen-bond donors (Lipinski definition) is 2. The maximum Gasteiger partial charge on any atom is 0.287 e. The lowest BCUT2D eigenvalue weighted by Gasteiger charge is -2.25. The zero-order chi connectivity index (χ0) is 25.1. The molecule has 2 amide bonds. The average molecular weight is 486 g/mol. The van der Waals surface area contributed by atoms with E-state index in [4.69, 9.17) is 13.9 Å². The van der Waals surface area contributed by atoms with E-state index >= 15 is 0 Å². The standard InChI is InChI=1S/C28H27N3O5/c1-3-34-24-6-4-5-18-15-25(36-26(18)24)28(33)31-20-9-7-17-8-10-21(14-19(17)13-20)35-22-11-12-30-23(16-22)27(32)29-2/h4-6,8,10-12,14-16,20H,3,7,9,13H2,1-2H3,(H,29,32)(H,31,33). The Bertz CT molecular complexity index is 1430. The summed E-state index contributed by atoms with van der Waals surface area (Å²) in [5.41, 5.74) is 3.22. The molecule has 184 valence electrons. The summed E-state index contributed by atoms with van der Waals surface area (Å²) in [5, 5.41) is 6.50. The molecule has 8 nitrogen and oxygen atoms in total. The van der Waals surface area contributed by atoms with Gasteiger partial charge < -0.3 is 24.5 Å². The highest BCUT2D eigenvalue weighted by Gasteiger charge is 2.23. The molecule has 2 aromatic carbocycles. The van der Waals surface area contributed by atoms with Crippen LogP contribution < -0.4 is 20.1 Å². The highest BCUT2D eigenvalue weighted by atomic mass is 16.5. The van der Waals surface area contributed by atoms with Crippen LogP contribution in [-0.2, 0) is 12.8 Å². The number of benzene rings is 2. The maximum atomic E-state index is 13.0. The van der Waals surface area contributed by atoms with E-state index in [1.165, 1.54) is 5.56 Å². The van der Waals surface area contributed by atoms with Crippen LogP contribution in [0.3, 0.4) is 0 Å². The minimum absolute atomic E-state index is 0.0272. The molecule has 0 saturated heterocycles. The molecule has 5 rings (SSSR count). The number of nitrogens with one attached hydrogen (secondary N) is 2. The van der Waals surface area contributed by atoms with Gasteiger partial charge in [-0.2, -0.15) is 0 Å². The second-order valence-electron chi connectivity index (χ2n) is 8.62. The van der Waals surface area contributed by atoms with Crippen molar-refractivity contribution in [2.45, 2.75) is 32.2 Å². The highest BCUT2D eigenvalue weighted by molar-refractivity contribution is 5.97. The van der Waals surface area contributed by atoms with Gasteiger partial charge in [0.2, 0.25) is 0 Å². The lowest BCUT2D eigenvalue weighted by molar-refractivity contribution is 0.0906. The van der Waals surface area contributed by atoms with Crippen molar-refractivity contribution in [3.63, 3.8) is 0 Å². The van der Waals surface area contributed by atoms with Crippen molar-refractivity contribution in [2.24, 2.45) is 0 Å². The van der Waals surface area contributed by atoms with Crippen molar-refractivity contribution in [1.29, 1.82) is 0 Å². The van der Waals surface area contributed by atoms with Crippen molar-refractivity contribution < 1.29 is 23.5 Å². The Morgan fingerprint density at radius 3 is 2.75 bits per heavy atom. The average Bonchev–Trinajstić information content (AvgIpc) is 3.34. The number of furan rings is 1. The zero-order valence-electron chi connectivity index (χ0n) is 20.2. The van der Waals surface area contributed by atoms with Crippen LogP contribution in [0.2, 0.25) is 0 Å². The summed E-state index contributed by atoms with van der Waals surface area (Å²) in [7, 11) is 1.56. The van der Waals surface area contributed by atoms with Crippen LogP contribution in [0, 0.1) is 0 Å². The number of nitrogens with zero attached hydrogens (tertiary/aromatic N) is 1. The summed E-state index contributed by atoms with van der Waals surface area (Å²) in [6.45, 7) is 2.43. The highest BCUT2D eigenvalue weighted by Crippen LogP contribution is 2.31. The predicted molar refractivity (Wildman–Crippen MR) is 135 cm³/mol. The van der Waals surface area contributed by atoms with Gasteiger partial charge in [-0.1, -0.05) is 18.2 Å². The topological polar surface area (TPSA) is 103 Å². The first-order valence-electron chi connectivity index (χ1n) is 12.0. The quantitative estimate of drug-likeness (QED) is 0.395. The SMILES string of the molecule is CCOc1cccc2cc(C(=O)NC3CCc4ccc(Oc5ccnc(C(=O)NC)c5)cc4C3)oc12. The minimum Gasteiger partial charge on any atom is -0.490 e. The number of amides is 2. The monoisotopic (exact) mass is 485 g/mol. The van der Waals surface area contributed by atoms with Crippen LogP contribution in [0.1, 0.15) is 45.5 Å². The lowest BCUT2D eigenvalue weighted by Crippen LogP contribution is -2.38. The Balaban J connectivity index is 1.28. The normalized spacial score (nSPS) is 14.7. The molecule has 4 aromatic rings. The molecule has 2 N–H and O–H groups in total. The Hall–Kier alpha value is -4.33. The first-order chi connectivity index (χ1) is 17.5. The molecule has 0 bridgehead atoms. The Kier molecular flexibility index (Phi) is 6.58. The molecule has 0 saturated carbocycles. The molecule has 1 unspecified atom stereocenters. The van der Waals surface area contributed by atoms with Crippen molar-refractivity contribution in [3.8, 4) is 17.2 Å². The first kappa shape index (κ1) is 23.4. The van der Waals surface area contributed by atoms with Gasteiger partial charge in [-0.3, -0.25) is 14.6 Å². The number of para-hydroxylation sites is 1. The summed E-state index contributed by atoms with van der Waals surface area (Å²) in [4.78, 5) is 28.9. The summed E-state index contributed by atoms with van der Waals surface area (Å²) in [6.07, 6.45) is 3.91. The number of aromatic nitrogens is 1. The van der Waals surface area contributed by atoms with E-state index in [-0.39, 0.29) is 29.3 Å². The summed E-state index contributed by atoms with van der Waals surface area (Å²) in [5.74, 6) is 1.57. The van der Waals surface area contributed by atoms with Crippen molar-refractivity contribution >= 4 is 22.8 Å². The molecule has 2 heterocycles. The van der Waals surface area contributed by atoms with E-state index in [1.807, 2.05) is 37.3 Å². The molecular formula is C28H27N3O5. The fourth-order valence-corrected chi connectivity index (χ4v) is 4.46. The molecule has 2 aromatic heterocycles. The number of carbonyl (C=O) groups excluding carboxylic acids is 2. The number of rotatable bonds is 7. The van der Waals surface area contributed by atoms with E-state index < -0.39 is 0 Å². The number of pyridine rings is 1. The number of carbonyl (C=O) groups is 2. The van der Waals surface area contributed by atoms with E-state index in [9.17, 15) is 9.59 Å². The summed E-state index contributed by atoms with van der Waals surface area (Å²) < 4.78 is 17.5. The number of aryl methyl sites for hydroxylation is 1. The van der Waals surface area contributed by atoms with Crippen molar-refractivity contribution in [1.82, 2.24) is 15.6 Å². The Labute approximate surface area is 208 Å². The van der Waals surface area contributed by atoms with Gasteiger partial charge in [0.15, 0.2) is 17.1 Å². The summed E-state index contributed by atoms with van der Waals surface area (Å²) in [6, 6.07) is 16.6. The molecule has 36 heavy (non-hydrogen) atoms. The Morgan fingerprint density at radius 2 is 1.92 bits per heavy atom. The van der Waals surface area contributed by atoms with E-state index in [1.54, 1.807) is 31.4 Å². The fraction of sp³-hybridized carbons (Fsp3) is 0.250. The minimum atomic E-state index is -0.275. The van der Waals surface area contributed by atoms with Crippen LogP contribution in [0.15, 0.2) is 65.2 Å². The molecule has 8 heteroatoms. The van der Waals surface area contributed by atoms with E-state index in [0.29, 0.717) is 35.9 Å². The van der Waals surface area contributed by atoms with Gasteiger partial charge >= 0.3 is 0 Å². The smallest absolute Gasteiger partial charge is 0.287 e. The number of ether oxygens (including phenoxy) is 2. The van der Waals surface area contributed by atoms with Crippen LogP contribution in [0.25, 0.3) is 11.0 Å². The third-order valence-corrected chi connectivity index (χ3v) is 6.20. The van der Waals surface area contributed by atoms with Crippen molar-refractivity contribution in [3.05, 3.63) is 83.4 Å². The second kappa shape index (κ2) is 10.1. The molecule has 1 aliphatic carbocycles. The summed E-state index contributed by atoms with van der Waals surface area (Å²) >= 11 is 0. The van der Waals surface area contributed by atoms with Gasteiger partial charge in [-0.05, 0) is 67.6 Å². The van der Waals surface area contributed by atoms with Crippen LogP contribution in [-0.4, -0.2) is 36.5 Å². The molecule has 1 atom stereocenters.